The topological polar surface area (TPSA) is 108 Å². The molecule has 26 heavy (non-hydrogen) atoms. The lowest BCUT2D eigenvalue weighted by atomic mass is 10.0. The summed E-state index contributed by atoms with van der Waals surface area (Å²) < 4.78 is 0. The van der Waals surface area contributed by atoms with Gasteiger partial charge in [0.15, 0.2) is 0 Å². The standard InChI is InChI=1S/C18H20N4O4/c23-15-6-5-14(16(24)21-15)22-17(25)12-4-3-10(8-13(12)18(22)26)20-11-2-1-7-19-9-11/h3-4,8,11,14,19-20H,1-2,5-7,9H2,(H,21,23,24)/t11-,14?/m0/s1. The zero-order valence-corrected chi connectivity index (χ0v) is 14.2. The number of amides is 4. The van der Waals surface area contributed by atoms with Gasteiger partial charge in [0.25, 0.3) is 11.8 Å². The second-order valence-electron chi connectivity index (χ2n) is 6.90. The highest BCUT2D eigenvalue weighted by Gasteiger charge is 2.44. The van der Waals surface area contributed by atoms with Crippen LogP contribution in [0.15, 0.2) is 18.2 Å². The summed E-state index contributed by atoms with van der Waals surface area (Å²) in [5.41, 5.74) is 1.38. The number of hydrogen-bond acceptors (Lipinski definition) is 6. The fraction of sp³-hybridized carbons (Fsp3) is 0.444. The Morgan fingerprint density at radius 2 is 1.85 bits per heavy atom. The van der Waals surface area contributed by atoms with Gasteiger partial charge >= 0.3 is 0 Å². The lowest BCUT2D eigenvalue weighted by molar-refractivity contribution is -0.136. The molecule has 2 saturated heterocycles. The van der Waals surface area contributed by atoms with E-state index in [0.29, 0.717) is 11.1 Å². The molecule has 0 aromatic heterocycles. The molecule has 3 heterocycles. The number of benzene rings is 1. The molecule has 4 rings (SSSR count). The lowest BCUT2D eigenvalue weighted by Gasteiger charge is -2.27. The van der Waals surface area contributed by atoms with Crippen LogP contribution in [0.25, 0.3) is 0 Å². The Morgan fingerprint density at radius 3 is 2.58 bits per heavy atom. The van der Waals surface area contributed by atoms with E-state index in [1.54, 1.807) is 18.2 Å². The van der Waals surface area contributed by atoms with Gasteiger partial charge in [-0.25, -0.2) is 0 Å². The number of carbonyl (C=O) groups is 4. The number of fused-ring (bicyclic) bond motifs is 1. The molecule has 3 aliphatic heterocycles. The summed E-state index contributed by atoms with van der Waals surface area (Å²) >= 11 is 0. The molecule has 4 amide bonds. The number of anilines is 1. The van der Waals surface area contributed by atoms with E-state index < -0.39 is 23.8 Å². The van der Waals surface area contributed by atoms with E-state index in [-0.39, 0.29) is 24.8 Å². The van der Waals surface area contributed by atoms with Gasteiger partial charge in [0, 0.05) is 24.7 Å². The maximum Gasteiger partial charge on any atom is 0.262 e. The second-order valence-corrected chi connectivity index (χ2v) is 6.90. The molecule has 136 valence electrons. The van der Waals surface area contributed by atoms with E-state index in [1.807, 2.05) is 0 Å². The van der Waals surface area contributed by atoms with E-state index in [2.05, 4.69) is 16.0 Å². The lowest BCUT2D eigenvalue weighted by Crippen LogP contribution is -2.54. The first-order chi connectivity index (χ1) is 12.5. The Morgan fingerprint density at radius 1 is 1.04 bits per heavy atom. The molecule has 0 bridgehead atoms. The second kappa shape index (κ2) is 6.53. The van der Waals surface area contributed by atoms with Crippen LogP contribution < -0.4 is 16.0 Å². The maximum atomic E-state index is 12.8. The van der Waals surface area contributed by atoms with Gasteiger partial charge in [0.05, 0.1) is 11.1 Å². The van der Waals surface area contributed by atoms with Crippen LogP contribution in [0.4, 0.5) is 5.69 Å². The molecule has 8 nitrogen and oxygen atoms in total. The van der Waals surface area contributed by atoms with Gasteiger partial charge in [-0.2, -0.15) is 0 Å². The van der Waals surface area contributed by atoms with Crippen LogP contribution in [-0.4, -0.2) is 53.7 Å². The summed E-state index contributed by atoms with van der Waals surface area (Å²) in [6, 6.07) is 4.43. The van der Waals surface area contributed by atoms with Crippen molar-refractivity contribution in [3.05, 3.63) is 29.3 Å². The normalized spacial score (nSPS) is 25.9. The van der Waals surface area contributed by atoms with E-state index >= 15 is 0 Å². The Kier molecular flexibility index (Phi) is 4.20. The minimum absolute atomic E-state index is 0.116. The molecule has 2 atom stereocenters. The van der Waals surface area contributed by atoms with Crippen molar-refractivity contribution in [1.29, 1.82) is 0 Å². The number of carbonyl (C=O) groups excluding carboxylic acids is 4. The highest BCUT2D eigenvalue weighted by atomic mass is 16.2. The Hall–Kier alpha value is -2.74. The van der Waals surface area contributed by atoms with Gasteiger partial charge in [-0.15, -0.1) is 0 Å². The largest absolute Gasteiger partial charge is 0.381 e. The van der Waals surface area contributed by atoms with Crippen LogP contribution in [0.1, 0.15) is 46.4 Å². The molecule has 0 aliphatic carbocycles. The van der Waals surface area contributed by atoms with Gasteiger partial charge in [-0.05, 0) is 44.0 Å². The Labute approximate surface area is 150 Å². The van der Waals surface area contributed by atoms with Crippen LogP contribution in [0.3, 0.4) is 0 Å². The average Bonchev–Trinajstić information content (AvgIpc) is 2.87. The average molecular weight is 356 g/mol. The van der Waals surface area contributed by atoms with Crippen molar-refractivity contribution < 1.29 is 19.2 Å². The summed E-state index contributed by atoms with van der Waals surface area (Å²) in [7, 11) is 0. The molecular weight excluding hydrogens is 336 g/mol. The SMILES string of the molecule is O=C1CCC(N2C(=O)c3ccc(N[C@H]4CCCNC4)cc3C2=O)C(=O)N1. The van der Waals surface area contributed by atoms with Crippen molar-refractivity contribution in [1.82, 2.24) is 15.5 Å². The third-order valence-corrected chi connectivity index (χ3v) is 5.11. The zero-order chi connectivity index (χ0) is 18.3. The van der Waals surface area contributed by atoms with Crippen molar-refractivity contribution >= 4 is 29.3 Å². The third-order valence-electron chi connectivity index (χ3n) is 5.11. The van der Waals surface area contributed by atoms with Crippen LogP contribution >= 0.6 is 0 Å². The van der Waals surface area contributed by atoms with Gasteiger partial charge in [0.2, 0.25) is 11.8 Å². The molecule has 3 aliphatic rings. The predicted molar refractivity (Wildman–Crippen MR) is 92.6 cm³/mol. The molecule has 0 spiro atoms. The van der Waals surface area contributed by atoms with Crippen LogP contribution in [0.5, 0.6) is 0 Å². The highest BCUT2D eigenvalue weighted by Crippen LogP contribution is 2.29. The number of nitrogens with zero attached hydrogens (tertiary/aromatic N) is 1. The molecule has 0 saturated carbocycles. The fourth-order valence-corrected chi connectivity index (χ4v) is 3.77. The Balaban J connectivity index is 1.56. The summed E-state index contributed by atoms with van der Waals surface area (Å²) in [4.78, 5) is 49.8. The number of rotatable bonds is 3. The van der Waals surface area contributed by atoms with Crippen molar-refractivity contribution in [2.45, 2.75) is 37.8 Å². The third kappa shape index (κ3) is 2.86. The van der Waals surface area contributed by atoms with Gasteiger partial charge in [0.1, 0.15) is 6.04 Å². The summed E-state index contributed by atoms with van der Waals surface area (Å²) in [5.74, 6) is -1.94. The van der Waals surface area contributed by atoms with Crippen molar-refractivity contribution in [2.24, 2.45) is 0 Å². The molecular formula is C18H20N4O4. The van der Waals surface area contributed by atoms with Crippen LogP contribution in [0.2, 0.25) is 0 Å². The van der Waals surface area contributed by atoms with E-state index in [0.717, 1.165) is 36.5 Å². The summed E-state index contributed by atoms with van der Waals surface area (Å²) in [5, 5.41) is 8.90. The van der Waals surface area contributed by atoms with Gasteiger partial charge < -0.3 is 10.6 Å². The first kappa shape index (κ1) is 16.7. The number of imide groups is 2. The van der Waals surface area contributed by atoms with Gasteiger partial charge in [-0.1, -0.05) is 0 Å². The molecule has 1 unspecified atom stereocenters. The molecule has 8 heteroatoms. The highest BCUT2D eigenvalue weighted by molar-refractivity contribution is 6.23. The molecule has 3 N–H and O–H groups in total. The van der Waals surface area contributed by atoms with Crippen molar-refractivity contribution in [3.63, 3.8) is 0 Å². The summed E-state index contributed by atoms with van der Waals surface area (Å²) in [6.45, 7) is 1.86. The van der Waals surface area contributed by atoms with Crippen molar-refractivity contribution in [3.8, 4) is 0 Å². The van der Waals surface area contributed by atoms with E-state index in [1.165, 1.54) is 0 Å². The quantitative estimate of drug-likeness (QED) is 0.670. The van der Waals surface area contributed by atoms with Crippen LogP contribution in [-0.2, 0) is 9.59 Å². The molecule has 2 fully saturated rings. The summed E-state index contributed by atoms with van der Waals surface area (Å²) in [6.07, 6.45) is 2.41. The smallest absolute Gasteiger partial charge is 0.262 e. The number of hydrogen-bond donors (Lipinski definition) is 3. The fourth-order valence-electron chi connectivity index (χ4n) is 3.77. The van der Waals surface area contributed by atoms with Crippen molar-refractivity contribution in [2.75, 3.05) is 18.4 Å². The van der Waals surface area contributed by atoms with Crippen LogP contribution in [0, 0.1) is 0 Å². The minimum atomic E-state index is -0.931. The monoisotopic (exact) mass is 356 g/mol. The number of nitrogens with one attached hydrogen (secondary N) is 3. The minimum Gasteiger partial charge on any atom is -0.381 e. The van der Waals surface area contributed by atoms with E-state index in [4.69, 9.17) is 0 Å². The first-order valence-corrected chi connectivity index (χ1v) is 8.87. The maximum absolute atomic E-state index is 12.8. The molecule has 1 aromatic carbocycles. The Bertz CT molecular complexity index is 800. The van der Waals surface area contributed by atoms with E-state index in [9.17, 15) is 19.2 Å². The molecule has 0 radical (unpaired) electrons. The van der Waals surface area contributed by atoms with Gasteiger partial charge in [-0.3, -0.25) is 29.4 Å². The number of piperidine rings is 2. The zero-order valence-electron chi connectivity index (χ0n) is 14.2. The molecule has 1 aromatic rings. The first-order valence-electron chi connectivity index (χ1n) is 8.87. The predicted octanol–water partition coefficient (Wildman–Crippen LogP) is 0.252.